The molecule has 21 heavy (non-hydrogen) atoms. The van der Waals surface area contributed by atoms with Crippen LogP contribution in [0.1, 0.15) is 11.6 Å². The monoisotopic (exact) mass is 300 g/mol. The lowest BCUT2D eigenvalue weighted by atomic mass is 10.0. The minimum absolute atomic E-state index is 0.0243. The summed E-state index contributed by atoms with van der Waals surface area (Å²) in [6.45, 7) is 0.0295. The second-order valence-electron chi connectivity index (χ2n) is 5.03. The predicted molar refractivity (Wildman–Crippen MR) is 72.5 cm³/mol. The highest BCUT2D eigenvalue weighted by Crippen LogP contribution is 2.25. The van der Waals surface area contributed by atoms with E-state index in [9.17, 15) is 18.7 Å². The summed E-state index contributed by atoms with van der Waals surface area (Å²) in [6, 6.07) is 5.02. The van der Waals surface area contributed by atoms with Gasteiger partial charge in [-0.2, -0.15) is 8.78 Å². The number of piperazine rings is 1. The largest absolute Gasteiger partial charge is 0.480 e. The Bertz CT molecular complexity index is 474. The third-order valence-corrected chi connectivity index (χ3v) is 3.56. The Kier molecular flexibility index (Phi) is 5.08. The number of hydrogen-bond donors (Lipinski definition) is 1. The van der Waals surface area contributed by atoms with Gasteiger partial charge in [-0.25, -0.2) is 0 Å². The van der Waals surface area contributed by atoms with Gasteiger partial charge in [0, 0.05) is 26.2 Å². The van der Waals surface area contributed by atoms with Gasteiger partial charge in [-0.1, -0.05) is 12.1 Å². The van der Waals surface area contributed by atoms with Crippen LogP contribution in [0.25, 0.3) is 0 Å². The van der Waals surface area contributed by atoms with Crippen molar-refractivity contribution in [2.45, 2.75) is 12.7 Å². The van der Waals surface area contributed by atoms with E-state index in [2.05, 4.69) is 9.64 Å². The number of alkyl halides is 2. The lowest BCUT2D eigenvalue weighted by molar-refractivity contribution is -0.144. The molecule has 1 heterocycles. The van der Waals surface area contributed by atoms with Crippen molar-refractivity contribution in [2.75, 3.05) is 33.2 Å². The Balaban J connectivity index is 2.13. The molecule has 1 fully saturated rings. The number of nitrogens with zero attached hydrogens (tertiary/aromatic N) is 2. The minimum atomic E-state index is -2.89. The average molecular weight is 300 g/mol. The second kappa shape index (κ2) is 6.82. The van der Waals surface area contributed by atoms with Crippen LogP contribution >= 0.6 is 0 Å². The number of ether oxygens (including phenoxy) is 1. The quantitative estimate of drug-likeness (QED) is 0.896. The van der Waals surface area contributed by atoms with Crippen molar-refractivity contribution in [1.82, 2.24) is 9.80 Å². The highest BCUT2D eigenvalue weighted by Gasteiger charge is 2.29. The van der Waals surface area contributed by atoms with Crippen LogP contribution in [-0.4, -0.2) is 60.7 Å². The third-order valence-electron chi connectivity index (χ3n) is 3.56. The van der Waals surface area contributed by atoms with E-state index in [0.29, 0.717) is 18.7 Å². The van der Waals surface area contributed by atoms with Crippen LogP contribution in [0.15, 0.2) is 24.3 Å². The van der Waals surface area contributed by atoms with E-state index in [0.717, 1.165) is 13.1 Å². The molecular formula is C14H18F2N2O3. The van der Waals surface area contributed by atoms with Crippen LogP contribution in [0.4, 0.5) is 8.78 Å². The van der Waals surface area contributed by atoms with Gasteiger partial charge in [0.15, 0.2) is 0 Å². The van der Waals surface area contributed by atoms with Gasteiger partial charge in [-0.3, -0.25) is 9.69 Å². The molecule has 116 valence electrons. The molecule has 1 saturated heterocycles. The number of benzene rings is 1. The molecule has 1 aromatic carbocycles. The fourth-order valence-corrected chi connectivity index (χ4v) is 2.42. The molecule has 0 aliphatic carbocycles. The number of carboxylic acid groups (broad SMARTS) is 1. The van der Waals surface area contributed by atoms with Crippen LogP contribution in [0.2, 0.25) is 0 Å². The van der Waals surface area contributed by atoms with E-state index in [1.165, 1.54) is 24.3 Å². The molecule has 0 amide bonds. The Labute approximate surface area is 121 Å². The summed E-state index contributed by atoms with van der Waals surface area (Å²) >= 11 is 0. The van der Waals surface area contributed by atoms with Crippen molar-refractivity contribution in [3.63, 3.8) is 0 Å². The maximum atomic E-state index is 12.1. The van der Waals surface area contributed by atoms with Crippen LogP contribution in [0, 0.1) is 0 Å². The fourth-order valence-electron chi connectivity index (χ4n) is 2.42. The lowest BCUT2D eigenvalue weighted by Gasteiger charge is -2.36. The Morgan fingerprint density at radius 1 is 1.19 bits per heavy atom. The van der Waals surface area contributed by atoms with E-state index in [1.54, 1.807) is 0 Å². The maximum absolute atomic E-state index is 12.1. The van der Waals surface area contributed by atoms with Gasteiger partial charge in [0.25, 0.3) is 0 Å². The molecule has 1 aromatic rings. The molecule has 0 saturated carbocycles. The fraction of sp³-hybridized carbons (Fsp3) is 0.500. The molecule has 0 radical (unpaired) electrons. The number of carboxylic acids is 1. The Morgan fingerprint density at radius 2 is 1.76 bits per heavy atom. The molecule has 0 bridgehead atoms. The van der Waals surface area contributed by atoms with Crippen molar-refractivity contribution in [3.8, 4) is 5.75 Å². The average Bonchev–Trinajstić information content (AvgIpc) is 2.42. The predicted octanol–water partition coefficient (Wildman–Crippen LogP) is 1.66. The molecular weight excluding hydrogens is 282 g/mol. The molecule has 5 nitrogen and oxygen atoms in total. The standard InChI is InChI=1S/C14H18F2N2O3/c1-17-6-8-18(9-7-17)12(13(19)20)10-2-4-11(5-3-10)21-14(15)16/h2-5,12,14H,6-9H2,1H3,(H,19,20). The van der Waals surface area contributed by atoms with Gasteiger partial charge >= 0.3 is 12.6 Å². The first kappa shape index (κ1) is 15.7. The summed E-state index contributed by atoms with van der Waals surface area (Å²) in [6.07, 6.45) is 0. The lowest BCUT2D eigenvalue weighted by Crippen LogP contribution is -2.47. The SMILES string of the molecule is CN1CCN(C(C(=O)O)c2ccc(OC(F)F)cc2)CC1. The molecule has 0 spiro atoms. The summed E-state index contributed by atoms with van der Waals surface area (Å²) in [5.41, 5.74) is 0.564. The van der Waals surface area contributed by atoms with Crippen molar-refractivity contribution in [2.24, 2.45) is 0 Å². The van der Waals surface area contributed by atoms with Crippen molar-refractivity contribution in [3.05, 3.63) is 29.8 Å². The number of halogens is 2. The van der Waals surface area contributed by atoms with Gasteiger partial charge in [-0.15, -0.1) is 0 Å². The first-order chi connectivity index (χ1) is 9.97. The van der Waals surface area contributed by atoms with Crippen molar-refractivity contribution < 1.29 is 23.4 Å². The van der Waals surface area contributed by atoms with Gasteiger partial charge in [0.05, 0.1) is 0 Å². The zero-order chi connectivity index (χ0) is 15.4. The number of carbonyl (C=O) groups is 1. The molecule has 2 rings (SSSR count). The van der Waals surface area contributed by atoms with Gasteiger partial charge in [0.2, 0.25) is 0 Å². The molecule has 1 aliphatic rings. The van der Waals surface area contributed by atoms with Gasteiger partial charge in [-0.05, 0) is 24.7 Å². The molecule has 1 unspecified atom stereocenters. The van der Waals surface area contributed by atoms with E-state index >= 15 is 0 Å². The Morgan fingerprint density at radius 3 is 2.24 bits per heavy atom. The summed E-state index contributed by atoms with van der Waals surface area (Å²) in [7, 11) is 1.99. The first-order valence-electron chi connectivity index (χ1n) is 6.67. The van der Waals surface area contributed by atoms with E-state index < -0.39 is 18.6 Å². The first-order valence-corrected chi connectivity index (χ1v) is 6.67. The molecule has 1 aliphatic heterocycles. The number of hydrogen-bond acceptors (Lipinski definition) is 4. The summed E-state index contributed by atoms with van der Waals surface area (Å²) in [5.74, 6) is -0.918. The van der Waals surface area contributed by atoms with E-state index in [-0.39, 0.29) is 5.75 Å². The number of likely N-dealkylation sites (N-methyl/N-ethyl adjacent to an activating group) is 1. The topological polar surface area (TPSA) is 53.0 Å². The number of rotatable bonds is 5. The summed E-state index contributed by atoms with van der Waals surface area (Å²) in [5, 5.41) is 9.45. The summed E-state index contributed by atoms with van der Waals surface area (Å²) in [4.78, 5) is 15.6. The zero-order valence-electron chi connectivity index (χ0n) is 11.7. The highest BCUT2D eigenvalue weighted by atomic mass is 19.3. The highest BCUT2D eigenvalue weighted by molar-refractivity contribution is 5.75. The normalized spacial score (nSPS) is 18.7. The molecule has 0 aromatic heterocycles. The van der Waals surface area contributed by atoms with Crippen LogP contribution < -0.4 is 4.74 Å². The van der Waals surface area contributed by atoms with Crippen molar-refractivity contribution >= 4 is 5.97 Å². The Hall–Kier alpha value is -1.73. The zero-order valence-corrected chi connectivity index (χ0v) is 11.7. The van der Waals surface area contributed by atoms with E-state index in [4.69, 9.17) is 0 Å². The smallest absolute Gasteiger partial charge is 0.387 e. The van der Waals surface area contributed by atoms with Crippen LogP contribution in [0.5, 0.6) is 5.75 Å². The molecule has 1 atom stereocenters. The van der Waals surface area contributed by atoms with E-state index in [1.807, 2.05) is 11.9 Å². The molecule has 7 heteroatoms. The molecule has 1 N–H and O–H groups in total. The van der Waals surface area contributed by atoms with Gasteiger partial charge in [0.1, 0.15) is 11.8 Å². The second-order valence-corrected chi connectivity index (χ2v) is 5.03. The summed E-state index contributed by atoms with van der Waals surface area (Å²) < 4.78 is 28.5. The third kappa shape index (κ3) is 4.12. The van der Waals surface area contributed by atoms with Gasteiger partial charge < -0.3 is 14.7 Å². The maximum Gasteiger partial charge on any atom is 0.387 e. The van der Waals surface area contributed by atoms with Crippen LogP contribution in [0.3, 0.4) is 0 Å². The van der Waals surface area contributed by atoms with Crippen molar-refractivity contribution in [1.29, 1.82) is 0 Å². The van der Waals surface area contributed by atoms with Crippen LogP contribution in [-0.2, 0) is 4.79 Å². The number of aliphatic carboxylic acids is 1. The minimum Gasteiger partial charge on any atom is -0.480 e.